The van der Waals surface area contributed by atoms with Gasteiger partial charge in [-0.25, -0.2) is 0 Å². The number of nitrogens with one attached hydrogen (secondary N) is 1. The van der Waals surface area contributed by atoms with Gasteiger partial charge in [0.25, 0.3) is 0 Å². The highest BCUT2D eigenvalue weighted by molar-refractivity contribution is 6.30. The predicted molar refractivity (Wildman–Crippen MR) is 74.9 cm³/mol. The molecule has 0 bridgehead atoms. The Morgan fingerprint density at radius 3 is 2.68 bits per heavy atom. The number of carbonyl (C=O) groups excluding carboxylic acids is 1. The minimum Gasteiger partial charge on any atom is -0.352 e. The van der Waals surface area contributed by atoms with E-state index in [-0.39, 0.29) is 5.91 Å². The van der Waals surface area contributed by atoms with E-state index in [1.165, 1.54) is 0 Å². The topological polar surface area (TPSA) is 46.9 Å². The first-order chi connectivity index (χ1) is 9.17. The Labute approximate surface area is 117 Å². The van der Waals surface area contributed by atoms with Gasteiger partial charge in [-0.2, -0.15) is 5.10 Å². The van der Waals surface area contributed by atoms with E-state index in [9.17, 15) is 4.79 Å². The van der Waals surface area contributed by atoms with Gasteiger partial charge in [0.15, 0.2) is 0 Å². The number of amides is 1. The lowest BCUT2D eigenvalue weighted by atomic mass is 10.1. The molecule has 19 heavy (non-hydrogen) atoms. The molecule has 1 aromatic heterocycles. The molecule has 0 saturated heterocycles. The molecule has 1 aromatic carbocycles. The molecule has 0 spiro atoms. The zero-order valence-electron chi connectivity index (χ0n) is 10.8. The monoisotopic (exact) mass is 277 g/mol. The van der Waals surface area contributed by atoms with Crippen LogP contribution in [0.5, 0.6) is 0 Å². The van der Waals surface area contributed by atoms with Crippen molar-refractivity contribution < 1.29 is 4.79 Å². The number of hydrogen-bond donors (Lipinski definition) is 1. The van der Waals surface area contributed by atoms with Crippen LogP contribution in [0.4, 0.5) is 0 Å². The number of benzene rings is 1. The molecule has 0 unspecified atom stereocenters. The maximum Gasteiger partial charge on any atom is 0.224 e. The van der Waals surface area contributed by atoms with Crippen molar-refractivity contribution >= 4 is 17.5 Å². The van der Waals surface area contributed by atoms with Crippen LogP contribution >= 0.6 is 11.6 Å². The molecule has 1 heterocycles. The predicted octanol–water partition coefficient (Wildman–Crippen LogP) is 2.42. The normalized spacial score (nSPS) is 10.4. The first-order valence-corrected chi connectivity index (χ1v) is 6.57. The SMILES string of the molecule is CCn1cc(CNC(=O)Cc2ccc(Cl)cc2)cn1. The fourth-order valence-electron chi connectivity index (χ4n) is 1.72. The number of nitrogens with zero attached hydrogens (tertiary/aromatic N) is 2. The van der Waals surface area contributed by atoms with Gasteiger partial charge in [0.05, 0.1) is 12.6 Å². The highest BCUT2D eigenvalue weighted by atomic mass is 35.5. The molecule has 0 fully saturated rings. The van der Waals surface area contributed by atoms with Gasteiger partial charge in [-0.15, -0.1) is 0 Å². The van der Waals surface area contributed by atoms with Crippen LogP contribution in [0, 0.1) is 0 Å². The lowest BCUT2D eigenvalue weighted by molar-refractivity contribution is -0.120. The molecule has 4 nitrogen and oxygen atoms in total. The van der Waals surface area contributed by atoms with Crippen molar-refractivity contribution in [3.8, 4) is 0 Å². The average Bonchev–Trinajstić information content (AvgIpc) is 2.87. The summed E-state index contributed by atoms with van der Waals surface area (Å²) >= 11 is 5.80. The van der Waals surface area contributed by atoms with Gasteiger partial charge in [-0.05, 0) is 24.6 Å². The van der Waals surface area contributed by atoms with Crippen LogP contribution in [0.1, 0.15) is 18.1 Å². The van der Waals surface area contributed by atoms with Gasteiger partial charge in [0, 0.05) is 29.9 Å². The fourth-order valence-corrected chi connectivity index (χ4v) is 1.85. The minimum absolute atomic E-state index is 0.00780. The van der Waals surface area contributed by atoms with Gasteiger partial charge in [0.2, 0.25) is 5.91 Å². The average molecular weight is 278 g/mol. The first kappa shape index (κ1) is 13.6. The summed E-state index contributed by atoms with van der Waals surface area (Å²) in [6.07, 6.45) is 4.06. The quantitative estimate of drug-likeness (QED) is 0.912. The van der Waals surface area contributed by atoms with Gasteiger partial charge in [0.1, 0.15) is 0 Å². The number of aryl methyl sites for hydroxylation is 1. The van der Waals surface area contributed by atoms with E-state index in [0.717, 1.165) is 17.7 Å². The fraction of sp³-hybridized carbons (Fsp3) is 0.286. The number of hydrogen-bond acceptors (Lipinski definition) is 2. The summed E-state index contributed by atoms with van der Waals surface area (Å²) < 4.78 is 1.83. The molecule has 0 radical (unpaired) electrons. The summed E-state index contributed by atoms with van der Waals surface area (Å²) in [7, 11) is 0. The molecule has 0 atom stereocenters. The molecule has 5 heteroatoms. The van der Waals surface area contributed by atoms with Crippen molar-refractivity contribution in [2.45, 2.75) is 26.4 Å². The van der Waals surface area contributed by atoms with Crippen LogP contribution in [-0.2, 0) is 24.3 Å². The second-order valence-electron chi connectivity index (χ2n) is 4.28. The molecule has 0 aliphatic rings. The summed E-state index contributed by atoms with van der Waals surface area (Å²) in [6.45, 7) is 3.36. The van der Waals surface area contributed by atoms with Crippen molar-refractivity contribution in [1.29, 1.82) is 0 Å². The molecule has 2 rings (SSSR count). The van der Waals surface area contributed by atoms with E-state index in [1.54, 1.807) is 18.3 Å². The molecule has 2 aromatic rings. The Morgan fingerprint density at radius 1 is 1.32 bits per heavy atom. The van der Waals surface area contributed by atoms with Crippen LogP contribution in [0.3, 0.4) is 0 Å². The van der Waals surface area contributed by atoms with E-state index in [4.69, 9.17) is 11.6 Å². The molecular formula is C14H16ClN3O. The maximum atomic E-state index is 11.8. The van der Waals surface area contributed by atoms with E-state index in [0.29, 0.717) is 18.0 Å². The Balaban J connectivity index is 1.82. The summed E-state index contributed by atoms with van der Waals surface area (Å²) in [6, 6.07) is 7.29. The van der Waals surface area contributed by atoms with Gasteiger partial charge in [-0.3, -0.25) is 9.48 Å². The van der Waals surface area contributed by atoms with Crippen LogP contribution in [0.25, 0.3) is 0 Å². The summed E-state index contributed by atoms with van der Waals surface area (Å²) in [4.78, 5) is 11.8. The van der Waals surface area contributed by atoms with Crippen LogP contribution in [0.15, 0.2) is 36.7 Å². The zero-order valence-corrected chi connectivity index (χ0v) is 11.5. The van der Waals surface area contributed by atoms with E-state index in [2.05, 4.69) is 10.4 Å². The standard InChI is InChI=1S/C14H16ClN3O/c1-2-18-10-12(9-17-18)8-16-14(19)7-11-3-5-13(15)6-4-11/h3-6,9-10H,2,7-8H2,1H3,(H,16,19). The highest BCUT2D eigenvalue weighted by Crippen LogP contribution is 2.09. The number of carbonyl (C=O) groups is 1. The second kappa shape index (κ2) is 6.38. The van der Waals surface area contributed by atoms with Crippen molar-refractivity contribution in [2.75, 3.05) is 0 Å². The molecule has 0 aliphatic heterocycles. The third kappa shape index (κ3) is 4.10. The van der Waals surface area contributed by atoms with Crippen molar-refractivity contribution in [3.63, 3.8) is 0 Å². The van der Waals surface area contributed by atoms with Crippen LogP contribution in [-0.4, -0.2) is 15.7 Å². The highest BCUT2D eigenvalue weighted by Gasteiger charge is 2.04. The zero-order chi connectivity index (χ0) is 13.7. The number of aromatic nitrogens is 2. The maximum absolute atomic E-state index is 11.8. The summed E-state index contributed by atoms with van der Waals surface area (Å²) in [5.41, 5.74) is 1.96. The van der Waals surface area contributed by atoms with Crippen molar-refractivity contribution in [2.24, 2.45) is 0 Å². The van der Waals surface area contributed by atoms with E-state index < -0.39 is 0 Å². The molecule has 100 valence electrons. The smallest absolute Gasteiger partial charge is 0.224 e. The minimum atomic E-state index is -0.00780. The number of halogens is 1. The van der Waals surface area contributed by atoms with E-state index in [1.807, 2.05) is 29.9 Å². The third-order valence-corrected chi connectivity index (χ3v) is 3.03. The van der Waals surface area contributed by atoms with Crippen LogP contribution in [0.2, 0.25) is 5.02 Å². The Hall–Kier alpha value is -1.81. The molecule has 1 amide bonds. The molecular weight excluding hydrogens is 262 g/mol. The molecule has 0 saturated carbocycles. The van der Waals surface area contributed by atoms with E-state index >= 15 is 0 Å². The summed E-state index contributed by atoms with van der Waals surface area (Å²) in [5.74, 6) is -0.00780. The Morgan fingerprint density at radius 2 is 2.05 bits per heavy atom. The summed E-state index contributed by atoms with van der Waals surface area (Å²) in [5, 5.41) is 7.71. The third-order valence-electron chi connectivity index (χ3n) is 2.78. The van der Waals surface area contributed by atoms with Crippen molar-refractivity contribution in [1.82, 2.24) is 15.1 Å². The lowest BCUT2D eigenvalue weighted by Crippen LogP contribution is -2.24. The Bertz CT molecular complexity index is 548. The first-order valence-electron chi connectivity index (χ1n) is 6.20. The van der Waals surface area contributed by atoms with Gasteiger partial charge >= 0.3 is 0 Å². The number of rotatable bonds is 5. The Kier molecular flexibility index (Phi) is 4.58. The van der Waals surface area contributed by atoms with Gasteiger partial charge in [-0.1, -0.05) is 23.7 Å². The lowest BCUT2D eigenvalue weighted by Gasteiger charge is -2.04. The van der Waals surface area contributed by atoms with Crippen molar-refractivity contribution in [3.05, 3.63) is 52.8 Å². The van der Waals surface area contributed by atoms with Gasteiger partial charge < -0.3 is 5.32 Å². The molecule has 1 N–H and O–H groups in total. The largest absolute Gasteiger partial charge is 0.352 e. The molecule has 0 aliphatic carbocycles. The van der Waals surface area contributed by atoms with Crippen LogP contribution < -0.4 is 5.32 Å². The second-order valence-corrected chi connectivity index (χ2v) is 4.72.